The Morgan fingerprint density at radius 1 is 1.15 bits per heavy atom. The second-order valence-corrected chi connectivity index (χ2v) is 7.03. The van der Waals surface area contributed by atoms with E-state index in [4.69, 9.17) is 4.74 Å². The lowest BCUT2D eigenvalue weighted by Gasteiger charge is -2.42. The molecule has 0 bridgehead atoms. The summed E-state index contributed by atoms with van der Waals surface area (Å²) in [5.74, 6) is 0.884. The van der Waals surface area contributed by atoms with Crippen LogP contribution in [0.3, 0.4) is 0 Å². The fourth-order valence-corrected chi connectivity index (χ4v) is 3.16. The molecule has 2 rings (SSSR count). The van der Waals surface area contributed by atoms with Crippen molar-refractivity contribution in [1.29, 1.82) is 0 Å². The van der Waals surface area contributed by atoms with Gasteiger partial charge in [0.15, 0.2) is 0 Å². The van der Waals surface area contributed by atoms with Gasteiger partial charge in [-0.2, -0.15) is 0 Å². The van der Waals surface area contributed by atoms with Crippen molar-refractivity contribution >= 4 is 5.76 Å². The van der Waals surface area contributed by atoms with Crippen LogP contribution in [0.15, 0.2) is 24.3 Å². The molecule has 0 N–H and O–H groups in total. The molecule has 0 unspecified atom stereocenters. The van der Waals surface area contributed by atoms with Crippen LogP contribution in [0.2, 0.25) is 0 Å². The minimum absolute atomic E-state index is 0.235. The van der Waals surface area contributed by atoms with Gasteiger partial charge in [0.1, 0.15) is 5.76 Å². The molecule has 0 saturated heterocycles. The fourth-order valence-electron chi connectivity index (χ4n) is 3.16. The molecule has 1 aromatic carbocycles. The molecule has 1 aliphatic rings. The van der Waals surface area contributed by atoms with Crippen LogP contribution < -0.4 is 0 Å². The monoisotopic (exact) mass is 271 g/mol. The topological polar surface area (TPSA) is 9.23 Å². The van der Waals surface area contributed by atoms with E-state index in [2.05, 4.69) is 52.8 Å². The van der Waals surface area contributed by atoms with E-state index in [1.54, 1.807) is 0 Å². The first kappa shape index (κ1) is 15.2. The Kier molecular flexibility index (Phi) is 4.00. The number of benzene rings is 1. The van der Waals surface area contributed by atoms with Crippen molar-refractivity contribution < 1.29 is 4.74 Å². The Morgan fingerprint density at radius 3 is 2.30 bits per heavy atom. The van der Waals surface area contributed by atoms with Gasteiger partial charge in [0.25, 0.3) is 0 Å². The minimum Gasteiger partial charge on any atom is -0.494 e. The van der Waals surface area contributed by atoms with Crippen LogP contribution >= 0.6 is 0 Å². The molecule has 1 nitrogen and oxygen atoms in total. The van der Waals surface area contributed by atoms with E-state index in [1.807, 2.05) is 13.0 Å². The average Bonchev–Trinajstić information content (AvgIpc) is 2.41. The first-order valence-electron chi connectivity index (χ1n) is 7.59. The summed E-state index contributed by atoms with van der Waals surface area (Å²) in [6.07, 6.45) is 4.29. The molecule has 0 amide bonds. The van der Waals surface area contributed by atoms with Gasteiger partial charge in [0.05, 0.1) is 6.61 Å². The SMILES string of the molecule is [CH2]C=C(OCC)c1ccc2c(c1)C(C)(C)CCC2(C)C. The molecule has 0 spiro atoms. The van der Waals surface area contributed by atoms with E-state index in [-0.39, 0.29) is 10.8 Å². The lowest BCUT2D eigenvalue weighted by Crippen LogP contribution is -2.33. The zero-order valence-electron chi connectivity index (χ0n) is 13.5. The summed E-state index contributed by atoms with van der Waals surface area (Å²) in [7, 11) is 0. The molecule has 0 aliphatic heterocycles. The van der Waals surface area contributed by atoms with Crippen LogP contribution in [0.5, 0.6) is 0 Å². The van der Waals surface area contributed by atoms with Crippen LogP contribution in [-0.2, 0) is 15.6 Å². The smallest absolute Gasteiger partial charge is 0.122 e. The normalized spacial score (nSPS) is 20.4. The molecule has 1 aromatic rings. The van der Waals surface area contributed by atoms with E-state index in [0.29, 0.717) is 6.61 Å². The van der Waals surface area contributed by atoms with E-state index >= 15 is 0 Å². The number of hydrogen-bond acceptors (Lipinski definition) is 1. The van der Waals surface area contributed by atoms with Crippen LogP contribution in [-0.4, -0.2) is 6.61 Å². The first-order valence-corrected chi connectivity index (χ1v) is 7.59. The van der Waals surface area contributed by atoms with Gasteiger partial charge < -0.3 is 4.74 Å². The van der Waals surface area contributed by atoms with Crippen molar-refractivity contribution in [2.45, 2.75) is 58.3 Å². The van der Waals surface area contributed by atoms with Crippen LogP contribution in [0, 0.1) is 6.92 Å². The maximum Gasteiger partial charge on any atom is 0.122 e. The lowest BCUT2D eigenvalue weighted by atomic mass is 9.63. The lowest BCUT2D eigenvalue weighted by molar-refractivity contribution is 0.297. The first-order chi connectivity index (χ1) is 9.31. The third-order valence-electron chi connectivity index (χ3n) is 4.62. The van der Waals surface area contributed by atoms with Crippen molar-refractivity contribution in [3.8, 4) is 0 Å². The predicted octanol–water partition coefficient (Wildman–Crippen LogP) is 5.25. The number of fused-ring (bicyclic) bond motifs is 1. The van der Waals surface area contributed by atoms with Crippen LogP contribution in [0.25, 0.3) is 5.76 Å². The third-order valence-corrected chi connectivity index (χ3v) is 4.62. The van der Waals surface area contributed by atoms with Crippen molar-refractivity contribution in [2.24, 2.45) is 0 Å². The van der Waals surface area contributed by atoms with Gasteiger partial charge in [-0.3, -0.25) is 0 Å². The molecule has 0 fully saturated rings. The standard InChI is InChI=1S/C19H27O/c1-7-17(20-8-2)14-9-10-15-16(13-14)19(5,6)12-11-18(15,3)4/h7,9-10,13H,1,8,11-12H2,2-6H3. The van der Waals surface area contributed by atoms with Gasteiger partial charge in [-0.25, -0.2) is 0 Å². The molecule has 1 radical (unpaired) electrons. The Morgan fingerprint density at radius 2 is 1.75 bits per heavy atom. The minimum atomic E-state index is 0.235. The van der Waals surface area contributed by atoms with Crippen LogP contribution in [0.1, 0.15) is 64.2 Å². The number of hydrogen-bond donors (Lipinski definition) is 0. The second kappa shape index (κ2) is 5.27. The number of ether oxygens (including phenoxy) is 1. The van der Waals surface area contributed by atoms with E-state index in [9.17, 15) is 0 Å². The maximum absolute atomic E-state index is 5.69. The summed E-state index contributed by atoms with van der Waals surface area (Å²) in [5, 5.41) is 0. The highest BCUT2D eigenvalue weighted by Gasteiger charge is 2.37. The summed E-state index contributed by atoms with van der Waals surface area (Å²) in [5.41, 5.74) is 4.59. The summed E-state index contributed by atoms with van der Waals surface area (Å²) in [4.78, 5) is 0. The zero-order valence-corrected chi connectivity index (χ0v) is 13.5. The number of allylic oxidation sites excluding steroid dienone is 1. The van der Waals surface area contributed by atoms with Gasteiger partial charge in [-0.05, 0) is 60.8 Å². The van der Waals surface area contributed by atoms with Crippen molar-refractivity contribution in [3.63, 3.8) is 0 Å². The van der Waals surface area contributed by atoms with E-state index < -0.39 is 0 Å². The van der Waals surface area contributed by atoms with Gasteiger partial charge in [-0.1, -0.05) is 39.8 Å². The molecule has 20 heavy (non-hydrogen) atoms. The highest BCUT2D eigenvalue weighted by atomic mass is 16.5. The van der Waals surface area contributed by atoms with E-state index in [0.717, 1.165) is 11.3 Å². The van der Waals surface area contributed by atoms with Gasteiger partial charge in [-0.15, -0.1) is 0 Å². The summed E-state index contributed by atoms with van der Waals surface area (Å²) < 4.78 is 5.69. The highest BCUT2D eigenvalue weighted by Crippen LogP contribution is 2.46. The molecule has 0 aromatic heterocycles. The van der Waals surface area contributed by atoms with Gasteiger partial charge in [0.2, 0.25) is 0 Å². The van der Waals surface area contributed by atoms with Gasteiger partial charge in [0, 0.05) is 5.56 Å². The highest BCUT2D eigenvalue weighted by molar-refractivity contribution is 5.63. The van der Waals surface area contributed by atoms with Crippen molar-refractivity contribution in [2.75, 3.05) is 6.61 Å². The Hall–Kier alpha value is -1.24. The molecule has 1 heteroatoms. The molecule has 0 saturated carbocycles. The van der Waals surface area contributed by atoms with Crippen molar-refractivity contribution in [3.05, 3.63) is 47.9 Å². The molecular formula is C19H27O. The molecule has 109 valence electrons. The molecule has 0 heterocycles. The zero-order chi connectivity index (χ0) is 15.0. The summed E-state index contributed by atoms with van der Waals surface area (Å²) >= 11 is 0. The Labute approximate surface area is 124 Å². The summed E-state index contributed by atoms with van der Waals surface area (Å²) in [6, 6.07) is 6.77. The van der Waals surface area contributed by atoms with Gasteiger partial charge >= 0.3 is 0 Å². The predicted molar refractivity (Wildman–Crippen MR) is 86.7 cm³/mol. The average molecular weight is 271 g/mol. The molecular weight excluding hydrogens is 244 g/mol. The second-order valence-electron chi connectivity index (χ2n) is 7.03. The maximum atomic E-state index is 5.69. The quantitative estimate of drug-likeness (QED) is 0.682. The number of rotatable bonds is 3. The van der Waals surface area contributed by atoms with Crippen LogP contribution in [0.4, 0.5) is 0 Å². The Balaban J connectivity index is 2.54. The third kappa shape index (κ3) is 2.63. The largest absolute Gasteiger partial charge is 0.494 e. The fraction of sp³-hybridized carbons (Fsp3) is 0.526. The molecule has 0 atom stereocenters. The van der Waals surface area contributed by atoms with Crippen molar-refractivity contribution in [1.82, 2.24) is 0 Å². The molecule has 1 aliphatic carbocycles. The summed E-state index contributed by atoms with van der Waals surface area (Å²) in [6.45, 7) is 15.9. The Bertz CT molecular complexity index is 521. The van der Waals surface area contributed by atoms with E-state index in [1.165, 1.54) is 24.0 Å².